The fourth-order valence-corrected chi connectivity index (χ4v) is 7.67. The summed E-state index contributed by atoms with van der Waals surface area (Å²) < 4.78 is 0. The molecule has 0 bridgehead atoms. The molecule has 0 spiro atoms. The van der Waals surface area contributed by atoms with E-state index in [0.29, 0.717) is 29.5 Å². The monoisotopic (exact) mass is 385 g/mol. The number of aliphatic hydroxyl groups is 1. The summed E-state index contributed by atoms with van der Waals surface area (Å²) in [7, 11) is 0. The first-order valence-electron chi connectivity index (χ1n) is 11.6. The van der Waals surface area contributed by atoms with Gasteiger partial charge in [0.2, 0.25) is 0 Å². The van der Waals surface area contributed by atoms with Gasteiger partial charge in [-0.3, -0.25) is 4.79 Å². The van der Waals surface area contributed by atoms with E-state index in [1.165, 1.54) is 5.57 Å². The summed E-state index contributed by atoms with van der Waals surface area (Å²) in [5, 5.41) is 11.9. The van der Waals surface area contributed by atoms with Gasteiger partial charge in [-0.15, -0.1) is 0 Å². The molecule has 0 radical (unpaired) electrons. The third-order valence-corrected chi connectivity index (χ3v) is 9.47. The van der Waals surface area contributed by atoms with Crippen LogP contribution in [0.15, 0.2) is 24.3 Å². The van der Waals surface area contributed by atoms with Gasteiger partial charge in [0, 0.05) is 17.3 Å². The molecule has 0 heterocycles. The number of carbonyl (C=O) groups is 1. The van der Waals surface area contributed by atoms with Gasteiger partial charge >= 0.3 is 0 Å². The van der Waals surface area contributed by atoms with Crippen molar-refractivity contribution in [3.05, 3.63) is 24.3 Å². The van der Waals surface area contributed by atoms with Crippen molar-refractivity contribution in [2.75, 3.05) is 6.54 Å². The Hall–Kier alpha value is -0.930. The summed E-state index contributed by atoms with van der Waals surface area (Å²) in [6, 6.07) is 0. The molecule has 0 aromatic rings. The zero-order valence-electron chi connectivity index (χ0n) is 17.9. The molecule has 0 aliphatic heterocycles. The lowest BCUT2D eigenvalue weighted by Gasteiger charge is -2.64. The number of hydrogen-bond acceptors (Lipinski definition) is 3. The Bertz CT molecular complexity index is 684. The Morgan fingerprint density at radius 2 is 2.00 bits per heavy atom. The maximum atomic E-state index is 12.6. The first-order valence-corrected chi connectivity index (χ1v) is 11.6. The SMILES string of the molecule is C=C1C[C@@]2(O)C[C@H](/C=C\CCCN)CC[C@]2(C)[C@H]2CC[C@]3(C)C(=O)CC[C@H]3[C@H]12. The molecule has 3 nitrogen and oxygen atoms in total. The van der Waals surface area contributed by atoms with Crippen molar-refractivity contribution < 1.29 is 9.90 Å². The van der Waals surface area contributed by atoms with E-state index in [1.807, 2.05) is 0 Å². The van der Waals surface area contributed by atoms with Crippen LogP contribution in [-0.2, 0) is 4.79 Å². The number of ketones is 1. The maximum absolute atomic E-state index is 12.6. The van der Waals surface area contributed by atoms with Crippen molar-refractivity contribution in [2.24, 2.45) is 40.2 Å². The number of fused-ring (bicyclic) bond motifs is 5. The van der Waals surface area contributed by atoms with Crippen LogP contribution in [0.1, 0.15) is 78.1 Å². The van der Waals surface area contributed by atoms with E-state index >= 15 is 0 Å². The van der Waals surface area contributed by atoms with Crippen molar-refractivity contribution in [2.45, 2.75) is 83.7 Å². The highest BCUT2D eigenvalue weighted by atomic mass is 16.3. The summed E-state index contributed by atoms with van der Waals surface area (Å²) >= 11 is 0. The number of unbranched alkanes of at least 4 members (excludes halogenated alkanes) is 1. The van der Waals surface area contributed by atoms with Crippen molar-refractivity contribution in [1.82, 2.24) is 0 Å². The zero-order valence-corrected chi connectivity index (χ0v) is 17.9. The Morgan fingerprint density at radius 1 is 1.21 bits per heavy atom. The molecule has 28 heavy (non-hydrogen) atoms. The fraction of sp³-hybridized carbons (Fsp3) is 0.800. The van der Waals surface area contributed by atoms with Gasteiger partial charge in [-0.05, 0) is 88.0 Å². The van der Waals surface area contributed by atoms with Crippen LogP contribution in [0.3, 0.4) is 0 Å². The largest absolute Gasteiger partial charge is 0.389 e. The van der Waals surface area contributed by atoms with Crippen LogP contribution in [0.2, 0.25) is 0 Å². The van der Waals surface area contributed by atoms with Crippen LogP contribution in [0.25, 0.3) is 0 Å². The molecular weight excluding hydrogens is 346 g/mol. The number of rotatable bonds is 4. The molecule has 0 aromatic heterocycles. The summed E-state index contributed by atoms with van der Waals surface area (Å²) in [6.07, 6.45) is 14.3. The van der Waals surface area contributed by atoms with Gasteiger partial charge < -0.3 is 10.8 Å². The van der Waals surface area contributed by atoms with Gasteiger partial charge in [0.05, 0.1) is 5.60 Å². The molecule has 4 aliphatic carbocycles. The van der Waals surface area contributed by atoms with Crippen molar-refractivity contribution in [3.63, 3.8) is 0 Å². The number of Topliss-reactive ketones (excluding diaryl/α,β-unsaturated/α-hetero) is 1. The van der Waals surface area contributed by atoms with Crippen LogP contribution in [0.5, 0.6) is 0 Å². The molecule has 0 saturated heterocycles. The van der Waals surface area contributed by atoms with E-state index < -0.39 is 5.60 Å². The highest BCUT2D eigenvalue weighted by Crippen LogP contribution is 2.68. The lowest BCUT2D eigenvalue weighted by molar-refractivity contribution is -0.189. The van der Waals surface area contributed by atoms with Gasteiger partial charge in [-0.2, -0.15) is 0 Å². The predicted molar refractivity (Wildman–Crippen MR) is 114 cm³/mol. The smallest absolute Gasteiger partial charge is 0.139 e. The number of hydrogen-bond donors (Lipinski definition) is 2. The molecule has 7 atom stereocenters. The van der Waals surface area contributed by atoms with E-state index in [4.69, 9.17) is 5.73 Å². The molecule has 0 amide bonds. The third-order valence-electron chi connectivity index (χ3n) is 9.47. The minimum atomic E-state index is -0.650. The Morgan fingerprint density at radius 3 is 2.75 bits per heavy atom. The van der Waals surface area contributed by atoms with E-state index in [-0.39, 0.29) is 10.8 Å². The second-order valence-electron chi connectivity index (χ2n) is 10.8. The topological polar surface area (TPSA) is 63.3 Å². The predicted octanol–water partition coefficient (Wildman–Crippen LogP) is 4.79. The van der Waals surface area contributed by atoms with Gasteiger partial charge in [0.15, 0.2) is 0 Å². The third kappa shape index (κ3) is 2.88. The van der Waals surface area contributed by atoms with E-state index in [9.17, 15) is 9.90 Å². The molecule has 4 rings (SSSR count). The molecule has 3 heteroatoms. The fourth-order valence-electron chi connectivity index (χ4n) is 7.67. The highest BCUT2D eigenvalue weighted by Gasteiger charge is 2.65. The van der Waals surface area contributed by atoms with Crippen LogP contribution >= 0.6 is 0 Å². The quantitative estimate of drug-likeness (QED) is 0.540. The number of allylic oxidation sites excluding steroid dienone is 2. The Balaban J connectivity index is 1.57. The van der Waals surface area contributed by atoms with Crippen molar-refractivity contribution in [1.29, 1.82) is 0 Å². The zero-order chi connectivity index (χ0) is 20.2. The molecule has 0 aromatic carbocycles. The van der Waals surface area contributed by atoms with E-state index in [2.05, 4.69) is 32.6 Å². The van der Waals surface area contributed by atoms with Crippen LogP contribution in [0.4, 0.5) is 0 Å². The number of nitrogens with two attached hydrogens (primary N) is 1. The average Bonchev–Trinajstić information content (AvgIpc) is 2.95. The van der Waals surface area contributed by atoms with Crippen LogP contribution in [-0.4, -0.2) is 23.0 Å². The van der Waals surface area contributed by atoms with Crippen LogP contribution in [0, 0.1) is 34.5 Å². The van der Waals surface area contributed by atoms with Gasteiger partial charge in [-0.25, -0.2) is 0 Å². The maximum Gasteiger partial charge on any atom is 0.139 e. The van der Waals surface area contributed by atoms with Crippen molar-refractivity contribution >= 4 is 5.78 Å². The summed E-state index contributed by atoms with van der Waals surface area (Å²) in [4.78, 5) is 12.6. The van der Waals surface area contributed by atoms with Gasteiger partial charge in [-0.1, -0.05) is 38.2 Å². The second kappa shape index (κ2) is 7.09. The van der Waals surface area contributed by atoms with Crippen molar-refractivity contribution in [3.8, 4) is 0 Å². The molecule has 156 valence electrons. The van der Waals surface area contributed by atoms with E-state index in [0.717, 1.165) is 70.8 Å². The molecule has 4 aliphatic rings. The van der Waals surface area contributed by atoms with E-state index in [1.54, 1.807) is 0 Å². The lowest BCUT2D eigenvalue weighted by atomic mass is 9.42. The standard InChI is InChI=1S/C25H39NO2/c1-17-15-25(28)16-18(7-5-4-6-14-26)10-13-24(25,3)20-11-12-23(2)19(22(17)20)8-9-21(23)27/h5,7,18-20,22,28H,1,4,6,8-16,26H2,2-3H3/b7-5-/t18-,19+,20+,22+,23+,24-,25-/m1/s1. The minimum absolute atomic E-state index is 0.0482. The minimum Gasteiger partial charge on any atom is -0.389 e. The molecule has 3 N–H and O–H groups in total. The summed E-state index contributed by atoms with van der Waals surface area (Å²) in [6.45, 7) is 9.79. The molecule has 4 saturated carbocycles. The first kappa shape index (κ1) is 20.3. The lowest BCUT2D eigenvalue weighted by Crippen LogP contribution is -2.62. The highest BCUT2D eigenvalue weighted by molar-refractivity contribution is 5.87. The normalized spacial score (nSPS) is 48.4. The molecular formula is C25H39NO2. The molecule has 0 unspecified atom stereocenters. The average molecular weight is 386 g/mol. The van der Waals surface area contributed by atoms with Gasteiger partial charge in [0.1, 0.15) is 5.78 Å². The van der Waals surface area contributed by atoms with Gasteiger partial charge in [0.25, 0.3) is 0 Å². The Kier molecular flexibility index (Phi) is 5.15. The summed E-state index contributed by atoms with van der Waals surface area (Å²) in [5.74, 6) is 2.28. The summed E-state index contributed by atoms with van der Waals surface area (Å²) in [5.41, 5.74) is 5.99. The second-order valence-corrected chi connectivity index (χ2v) is 10.8. The first-order chi connectivity index (χ1) is 13.2. The number of carbonyl (C=O) groups excluding carboxylic acids is 1. The molecule has 4 fully saturated rings. The van der Waals surface area contributed by atoms with Crippen LogP contribution < -0.4 is 5.73 Å². The Labute approximate surface area is 170 Å².